The molecule has 2 aromatic rings. The van der Waals surface area contributed by atoms with E-state index in [9.17, 15) is 26.7 Å². The number of carbonyl (C=O) groups excluding carboxylic acids is 1. The van der Waals surface area contributed by atoms with Gasteiger partial charge in [0.1, 0.15) is 5.75 Å². The van der Waals surface area contributed by atoms with Crippen molar-refractivity contribution in [3.63, 3.8) is 0 Å². The molecule has 1 N–H and O–H groups in total. The number of thioether (sulfide) groups is 1. The SMILES string of the molecule is O=C(/C=C/c1ccc(OC(F)F)cc1)Nc1ccccc1SCC(F)(F)F. The third kappa shape index (κ3) is 7.69. The maximum Gasteiger partial charge on any atom is 0.398 e. The van der Waals surface area contributed by atoms with Gasteiger partial charge in [-0.15, -0.1) is 11.8 Å². The highest BCUT2D eigenvalue weighted by Crippen LogP contribution is 2.32. The van der Waals surface area contributed by atoms with Crippen LogP contribution >= 0.6 is 11.8 Å². The zero-order chi connectivity index (χ0) is 19.9. The van der Waals surface area contributed by atoms with Crippen LogP contribution in [0.1, 0.15) is 5.56 Å². The predicted octanol–water partition coefficient (Wildman–Crippen LogP) is 5.59. The molecule has 0 atom stereocenters. The molecule has 0 spiro atoms. The van der Waals surface area contributed by atoms with Crippen LogP contribution in [-0.4, -0.2) is 24.4 Å². The number of halogens is 5. The molecular formula is C18H14F5NO2S. The number of benzene rings is 2. The van der Waals surface area contributed by atoms with Gasteiger partial charge in [-0.25, -0.2) is 0 Å². The number of rotatable bonds is 7. The first-order valence-electron chi connectivity index (χ1n) is 7.55. The molecule has 0 saturated carbocycles. The second-order valence-corrected chi connectivity index (χ2v) is 6.19. The smallest absolute Gasteiger partial charge is 0.398 e. The number of hydrogen-bond donors (Lipinski definition) is 1. The summed E-state index contributed by atoms with van der Waals surface area (Å²) in [5.41, 5.74) is 0.827. The average Bonchev–Trinajstić information content (AvgIpc) is 2.59. The monoisotopic (exact) mass is 403 g/mol. The van der Waals surface area contributed by atoms with E-state index in [-0.39, 0.29) is 11.4 Å². The van der Waals surface area contributed by atoms with E-state index < -0.39 is 24.4 Å². The zero-order valence-electron chi connectivity index (χ0n) is 13.7. The van der Waals surface area contributed by atoms with Crippen LogP contribution in [-0.2, 0) is 4.79 Å². The predicted molar refractivity (Wildman–Crippen MR) is 94.0 cm³/mol. The van der Waals surface area contributed by atoms with E-state index in [0.717, 1.165) is 0 Å². The summed E-state index contributed by atoms with van der Waals surface area (Å²) in [6.07, 6.45) is -1.69. The highest BCUT2D eigenvalue weighted by molar-refractivity contribution is 7.99. The van der Waals surface area contributed by atoms with Crippen LogP contribution in [0.4, 0.5) is 27.6 Å². The molecule has 2 aromatic carbocycles. The highest BCUT2D eigenvalue weighted by atomic mass is 32.2. The van der Waals surface area contributed by atoms with Crippen molar-refractivity contribution in [1.82, 2.24) is 0 Å². The first-order chi connectivity index (χ1) is 12.7. The Morgan fingerprint density at radius 1 is 1.11 bits per heavy atom. The molecule has 3 nitrogen and oxygen atoms in total. The lowest BCUT2D eigenvalue weighted by Crippen LogP contribution is -2.12. The molecule has 0 saturated heterocycles. The van der Waals surface area contributed by atoms with Crippen LogP contribution in [0.25, 0.3) is 6.08 Å². The van der Waals surface area contributed by atoms with Crippen molar-refractivity contribution in [3.05, 3.63) is 60.2 Å². The molecule has 0 unspecified atom stereocenters. The fourth-order valence-corrected chi connectivity index (χ4v) is 2.73. The highest BCUT2D eigenvalue weighted by Gasteiger charge is 2.27. The van der Waals surface area contributed by atoms with Gasteiger partial charge in [0.05, 0.1) is 11.4 Å². The van der Waals surface area contributed by atoms with Gasteiger partial charge in [-0.05, 0) is 35.9 Å². The second kappa shape index (κ2) is 9.40. The Bertz CT molecular complexity index is 791. The number of amides is 1. The Balaban J connectivity index is 1.98. The lowest BCUT2D eigenvalue weighted by atomic mass is 10.2. The van der Waals surface area contributed by atoms with Gasteiger partial charge in [0.15, 0.2) is 0 Å². The summed E-state index contributed by atoms with van der Waals surface area (Å²) >= 11 is 0.578. The van der Waals surface area contributed by atoms with Crippen LogP contribution in [0, 0.1) is 0 Å². The maximum absolute atomic E-state index is 12.4. The first-order valence-corrected chi connectivity index (χ1v) is 8.54. The number of hydrogen-bond acceptors (Lipinski definition) is 3. The van der Waals surface area contributed by atoms with E-state index in [1.807, 2.05) is 0 Å². The number of alkyl halides is 5. The molecule has 2 rings (SSSR count). The molecule has 0 aliphatic heterocycles. The van der Waals surface area contributed by atoms with Crippen LogP contribution in [0.3, 0.4) is 0 Å². The minimum Gasteiger partial charge on any atom is -0.435 e. The van der Waals surface area contributed by atoms with Crippen molar-refractivity contribution in [2.75, 3.05) is 11.1 Å². The average molecular weight is 403 g/mol. The van der Waals surface area contributed by atoms with Gasteiger partial charge < -0.3 is 10.1 Å². The molecule has 27 heavy (non-hydrogen) atoms. The van der Waals surface area contributed by atoms with Crippen molar-refractivity contribution in [2.24, 2.45) is 0 Å². The van der Waals surface area contributed by atoms with Crippen molar-refractivity contribution in [2.45, 2.75) is 17.7 Å². The third-order valence-electron chi connectivity index (χ3n) is 3.07. The Kier molecular flexibility index (Phi) is 7.23. The van der Waals surface area contributed by atoms with E-state index in [4.69, 9.17) is 0 Å². The number of ether oxygens (including phenoxy) is 1. The standard InChI is InChI=1S/C18H14F5NO2S/c19-17(20)26-13-8-5-12(6-9-13)7-10-16(25)24-14-3-1-2-4-15(14)27-11-18(21,22)23/h1-10,17H,11H2,(H,24,25)/b10-7+. The van der Waals surface area contributed by atoms with Crippen LogP contribution in [0.2, 0.25) is 0 Å². The van der Waals surface area contributed by atoms with Gasteiger partial charge in [-0.1, -0.05) is 24.3 Å². The Morgan fingerprint density at radius 3 is 2.41 bits per heavy atom. The molecule has 0 bridgehead atoms. The molecule has 9 heteroatoms. The second-order valence-electron chi connectivity index (χ2n) is 5.17. The van der Waals surface area contributed by atoms with E-state index in [2.05, 4.69) is 10.1 Å². The molecule has 0 aliphatic rings. The van der Waals surface area contributed by atoms with Crippen molar-refractivity contribution in [3.8, 4) is 5.75 Å². The Labute approximate surface area is 156 Å². The quantitative estimate of drug-likeness (QED) is 0.372. The zero-order valence-corrected chi connectivity index (χ0v) is 14.5. The summed E-state index contributed by atoms with van der Waals surface area (Å²) in [7, 11) is 0. The van der Waals surface area contributed by atoms with Crippen LogP contribution in [0.15, 0.2) is 59.5 Å². The topological polar surface area (TPSA) is 38.3 Å². The molecule has 0 aliphatic carbocycles. The summed E-state index contributed by atoms with van der Waals surface area (Å²) in [5.74, 6) is -1.62. The van der Waals surface area contributed by atoms with Gasteiger partial charge >= 0.3 is 12.8 Å². The van der Waals surface area contributed by atoms with E-state index in [0.29, 0.717) is 22.2 Å². The van der Waals surface area contributed by atoms with Crippen molar-refractivity contribution in [1.29, 1.82) is 0 Å². The number of anilines is 1. The normalized spacial score (nSPS) is 11.8. The molecule has 0 radical (unpaired) electrons. The summed E-state index contributed by atoms with van der Waals surface area (Å²) in [6, 6.07) is 11.8. The molecule has 0 fully saturated rings. The van der Waals surface area contributed by atoms with Gasteiger partial charge in [0.25, 0.3) is 0 Å². The molecular weight excluding hydrogens is 389 g/mol. The van der Waals surface area contributed by atoms with Crippen molar-refractivity contribution >= 4 is 29.4 Å². The van der Waals surface area contributed by atoms with E-state index in [1.165, 1.54) is 48.6 Å². The van der Waals surface area contributed by atoms with E-state index in [1.54, 1.807) is 12.1 Å². The fraction of sp³-hybridized carbons (Fsp3) is 0.167. The lowest BCUT2D eigenvalue weighted by molar-refractivity contribution is -0.112. The Morgan fingerprint density at radius 2 is 1.78 bits per heavy atom. The van der Waals surface area contributed by atoms with Gasteiger partial charge in [0.2, 0.25) is 5.91 Å². The molecule has 0 aromatic heterocycles. The summed E-state index contributed by atoms with van der Waals surface area (Å²) in [5, 5.41) is 2.52. The largest absolute Gasteiger partial charge is 0.435 e. The maximum atomic E-state index is 12.4. The fourth-order valence-electron chi connectivity index (χ4n) is 1.96. The summed E-state index contributed by atoms with van der Waals surface area (Å²) in [6.45, 7) is -2.92. The Hall–Kier alpha value is -2.55. The number of carbonyl (C=O) groups is 1. The van der Waals surface area contributed by atoms with Gasteiger partial charge in [-0.2, -0.15) is 22.0 Å². The van der Waals surface area contributed by atoms with Gasteiger partial charge in [0, 0.05) is 11.0 Å². The van der Waals surface area contributed by atoms with E-state index >= 15 is 0 Å². The molecule has 1 amide bonds. The lowest BCUT2D eigenvalue weighted by Gasteiger charge is -2.10. The number of para-hydroxylation sites is 1. The van der Waals surface area contributed by atoms with Gasteiger partial charge in [-0.3, -0.25) is 4.79 Å². The minimum atomic E-state index is -4.32. The third-order valence-corrected chi connectivity index (χ3v) is 4.21. The molecule has 144 valence electrons. The van der Waals surface area contributed by atoms with Crippen LogP contribution in [0.5, 0.6) is 5.75 Å². The molecule has 0 heterocycles. The number of nitrogens with one attached hydrogen (secondary N) is 1. The first kappa shape index (κ1) is 20.8. The van der Waals surface area contributed by atoms with Crippen LogP contribution < -0.4 is 10.1 Å². The minimum absolute atomic E-state index is 0.0118. The summed E-state index contributed by atoms with van der Waals surface area (Å²) < 4.78 is 65.5. The summed E-state index contributed by atoms with van der Waals surface area (Å²) in [4.78, 5) is 12.3. The van der Waals surface area contributed by atoms with Crippen molar-refractivity contribution < 1.29 is 31.5 Å².